The number of allylic oxidation sites excluding steroid dienone is 2. The van der Waals surface area contributed by atoms with Gasteiger partial charge >= 0.3 is 0 Å². The molecule has 0 saturated carbocycles. The molecule has 2 aliphatic heterocycles. The SMILES string of the molecule is COCCNS(=O)(=O)c1ccc(NC(=O)C2(C)CC(=O)N=C3C=CC=CN32)cc1. The van der Waals surface area contributed by atoms with Crippen molar-refractivity contribution in [3.63, 3.8) is 0 Å². The zero-order valence-electron chi connectivity index (χ0n) is 16.1. The van der Waals surface area contributed by atoms with E-state index in [1.54, 1.807) is 36.3 Å². The van der Waals surface area contributed by atoms with E-state index in [9.17, 15) is 18.0 Å². The van der Waals surface area contributed by atoms with Crippen LogP contribution in [-0.2, 0) is 24.3 Å². The molecule has 0 spiro atoms. The van der Waals surface area contributed by atoms with Crippen molar-refractivity contribution in [1.29, 1.82) is 0 Å². The number of rotatable bonds is 7. The topological polar surface area (TPSA) is 117 Å². The highest BCUT2D eigenvalue weighted by Crippen LogP contribution is 2.29. The molecule has 1 unspecified atom stereocenters. The largest absolute Gasteiger partial charge is 0.383 e. The molecular formula is C19H22N4O5S. The number of hydrogen-bond acceptors (Lipinski definition) is 6. The number of nitrogens with one attached hydrogen (secondary N) is 2. The monoisotopic (exact) mass is 418 g/mol. The summed E-state index contributed by atoms with van der Waals surface area (Å²) in [4.78, 5) is 30.7. The fourth-order valence-electron chi connectivity index (χ4n) is 3.02. The molecule has 0 fully saturated rings. The molecule has 2 N–H and O–H groups in total. The van der Waals surface area contributed by atoms with E-state index in [1.165, 1.54) is 31.4 Å². The molecule has 3 rings (SSSR count). The number of ether oxygens (including phenoxy) is 1. The minimum absolute atomic E-state index is 0.0730. The summed E-state index contributed by atoms with van der Waals surface area (Å²) >= 11 is 0. The van der Waals surface area contributed by atoms with Crippen molar-refractivity contribution in [2.75, 3.05) is 25.6 Å². The first-order valence-electron chi connectivity index (χ1n) is 8.92. The van der Waals surface area contributed by atoms with E-state index < -0.39 is 21.5 Å². The number of amides is 2. The van der Waals surface area contributed by atoms with E-state index in [0.717, 1.165) is 0 Å². The summed E-state index contributed by atoms with van der Waals surface area (Å²) in [5, 5.41) is 2.76. The molecule has 0 saturated heterocycles. The third kappa shape index (κ3) is 4.44. The minimum Gasteiger partial charge on any atom is -0.383 e. The highest BCUT2D eigenvalue weighted by Gasteiger charge is 2.45. The Kier molecular flexibility index (Phi) is 5.96. The van der Waals surface area contributed by atoms with E-state index in [4.69, 9.17) is 4.74 Å². The van der Waals surface area contributed by atoms with Gasteiger partial charge in [0.05, 0.1) is 17.9 Å². The first-order valence-corrected chi connectivity index (χ1v) is 10.4. The lowest BCUT2D eigenvalue weighted by Gasteiger charge is -2.41. The van der Waals surface area contributed by atoms with Gasteiger partial charge in [-0.25, -0.2) is 13.1 Å². The van der Waals surface area contributed by atoms with Crippen LogP contribution in [0.2, 0.25) is 0 Å². The lowest BCUT2D eigenvalue weighted by Crippen LogP contribution is -2.58. The van der Waals surface area contributed by atoms with E-state index >= 15 is 0 Å². The van der Waals surface area contributed by atoms with E-state index in [-0.39, 0.29) is 30.4 Å². The van der Waals surface area contributed by atoms with Gasteiger partial charge < -0.3 is 15.0 Å². The number of hydrogen-bond donors (Lipinski definition) is 2. The predicted molar refractivity (Wildman–Crippen MR) is 108 cm³/mol. The number of amidine groups is 1. The number of anilines is 1. The van der Waals surface area contributed by atoms with Crippen molar-refractivity contribution in [3.8, 4) is 0 Å². The average molecular weight is 418 g/mol. The predicted octanol–water partition coefficient (Wildman–Crippen LogP) is 1.02. The van der Waals surface area contributed by atoms with Crippen LogP contribution in [0.1, 0.15) is 13.3 Å². The van der Waals surface area contributed by atoms with Crippen molar-refractivity contribution in [1.82, 2.24) is 9.62 Å². The van der Waals surface area contributed by atoms with E-state index in [2.05, 4.69) is 15.0 Å². The van der Waals surface area contributed by atoms with E-state index in [0.29, 0.717) is 11.5 Å². The van der Waals surface area contributed by atoms with Crippen LogP contribution in [0.4, 0.5) is 5.69 Å². The van der Waals surface area contributed by atoms with E-state index in [1.807, 2.05) is 0 Å². The third-order valence-corrected chi connectivity index (χ3v) is 6.09. The summed E-state index contributed by atoms with van der Waals surface area (Å²) < 4.78 is 31.7. The van der Waals surface area contributed by atoms with Crippen LogP contribution in [0.5, 0.6) is 0 Å². The van der Waals surface area contributed by atoms with Gasteiger partial charge in [0.25, 0.3) is 11.8 Å². The fourth-order valence-corrected chi connectivity index (χ4v) is 4.04. The molecule has 2 amide bonds. The quantitative estimate of drug-likeness (QED) is 0.639. The van der Waals surface area contributed by atoms with Gasteiger partial charge in [-0.05, 0) is 43.3 Å². The van der Waals surface area contributed by atoms with Gasteiger partial charge in [-0.3, -0.25) is 9.59 Å². The Morgan fingerprint density at radius 3 is 2.69 bits per heavy atom. The first-order chi connectivity index (χ1) is 13.8. The van der Waals surface area contributed by atoms with Gasteiger partial charge in [-0.15, -0.1) is 0 Å². The van der Waals surface area contributed by atoms with Crippen LogP contribution in [0.25, 0.3) is 0 Å². The Bertz CT molecular complexity index is 998. The molecule has 0 radical (unpaired) electrons. The number of sulfonamides is 1. The third-order valence-electron chi connectivity index (χ3n) is 4.61. The van der Waals surface area contributed by atoms with Crippen molar-refractivity contribution in [2.24, 2.45) is 4.99 Å². The zero-order chi connectivity index (χ0) is 21.1. The second-order valence-corrected chi connectivity index (χ2v) is 8.52. The smallest absolute Gasteiger partial charge is 0.250 e. The normalized spacial score (nSPS) is 21.0. The molecule has 0 aromatic heterocycles. The van der Waals surface area contributed by atoms with Crippen LogP contribution >= 0.6 is 0 Å². The lowest BCUT2D eigenvalue weighted by atomic mass is 9.91. The standard InChI is InChI=1S/C19H22N4O5S/c1-19(13-17(24)22-16-5-3-4-11-23(16)19)18(25)21-14-6-8-15(9-7-14)29(26,27)20-10-12-28-2/h3-9,11,20H,10,12-13H2,1-2H3,(H,21,25). The van der Waals surface area contributed by atoms with Crippen LogP contribution < -0.4 is 10.0 Å². The molecule has 1 atom stereocenters. The number of carbonyl (C=O) groups excluding carboxylic acids is 2. The molecular weight excluding hydrogens is 396 g/mol. The molecule has 2 heterocycles. The highest BCUT2D eigenvalue weighted by molar-refractivity contribution is 7.89. The second kappa shape index (κ2) is 8.27. The summed E-state index contributed by atoms with van der Waals surface area (Å²) in [6.45, 7) is 2.08. The molecule has 154 valence electrons. The van der Waals surface area contributed by atoms with Gasteiger partial charge in [0.2, 0.25) is 10.0 Å². The second-order valence-electron chi connectivity index (χ2n) is 6.75. The Morgan fingerprint density at radius 2 is 2.00 bits per heavy atom. The van der Waals surface area contributed by atoms with Gasteiger partial charge in [0, 0.05) is 25.5 Å². The highest BCUT2D eigenvalue weighted by atomic mass is 32.2. The minimum atomic E-state index is -3.66. The maximum absolute atomic E-state index is 13.0. The van der Waals surface area contributed by atoms with Crippen LogP contribution in [0.15, 0.2) is 58.6 Å². The summed E-state index contributed by atoms with van der Waals surface area (Å²) in [6, 6.07) is 5.79. The summed E-state index contributed by atoms with van der Waals surface area (Å²) in [6.07, 6.45) is 6.80. The van der Waals surface area contributed by atoms with Crippen molar-refractivity contribution >= 4 is 33.4 Å². The number of fused-ring (bicyclic) bond motifs is 1. The molecule has 1 aromatic carbocycles. The number of benzene rings is 1. The maximum atomic E-state index is 13.0. The number of nitrogens with zero attached hydrogens (tertiary/aromatic N) is 2. The van der Waals surface area contributed by atoms with Crippen LogP contribution in [0, 0.1) is 0 Å². The summed E-state index contributed by atoms with van der Waals surface area (Å²) in [5.74, 6) is -0.366. The van der Waals surface area contributed by atoms with Gasteiger partial charge in [-0.2, -0.15) is 4.99 Å². The molecule has 0 bridgehead atoms. The fraction of sp³-hybridized carbons (Fsp3) is 0.316. The Balaban J connectivity index is 1.74. The average Bonchev–Trinajstić information content (AvgIpc) is 2.68. The first kappa shape index (κ1) is 20.9. The van der Waals surface area contributed by atoms with Gasteiger partial charge in [0.1, 0.15) is 11.4 Å². The Morgan fingerprint density at radius 1 is 1.28 bits per heavy atom. The molecule has 29 heavy (non-hydrogen) atoms. The molecule has 0 aliphatic carbocycles. The Labute approximate surface area is 169 Å². The summed E-state index contributed by atoms with van der Waals surface area (Å²) in [7, 11) is -2.18. The molecule has 2 aliphatic rings. The van der Waals surface area contributed by atoms with Crippen molar-refractivity contribution in [2.45, 2.75) is 23.8 Å². The van der Waals surface area contributed by atoms with Crippen LogP contribution in [0.3, 0.4) is 0 Å². The van der Waals surface area contributed by atoms with Gasteiger partial charge in [-0.1, -0.05) is 6.08 Å². The molecule has 9 nitrogen and oxygen atoms in total. The zero-order valence-corrected chi connectivity index (χ0v) is 16.9. The number of aliphatic imine (C=N–C) groups is 1. The van der Waals surface area contributed by atoms with Crippen LogP contribution in [-0.4, -0.2) is 56.8 Å². The Hall–Kier alpha value is -2.82. The van der Waals surface area contributed by atoms with Gasteiger partial charge in [0.15, 0.2) is 0 Å². The lowest BCUT2D eigenvalue weighted by molar-refractivity contribution is -0.130. The molecule has 10 heteroatoms. The number of methoxy groups -OCH3 is 1. The number of carbonyl (C=O) groups is 2. The maximum Gasteiger partial charge on any atom is 0.250 e. The van der Waals surface area contributed by atoms with Crippen molar-refractivity contribution < 1.29 is 22.7 Å². The summed E-state index contributed by atoms with van der Waals surface area (Å²) in [5.41, 5.74) is -0.734. The molecule has 1 aromatic rings. The van der Waals surface area contributed by atoms with Crippen molar-refractivity contribution in [3.05, 3.63) is 48.7 Å².